The Hall–Kier alpha value is -1.47. The normalized spacial score (nSPS) is 14.1. The second kappa shape index (κ2) is 4.58. The zero-order chi connectivity index (χ0) is 13.1. The molecular weight excluding hydrogens is 231 g/mol. The number of amides is 1. The highest BCUT2D eigenvalue weighted by Gasteiger charge is 2.46. The molecule has 16 heavy (non-hydrogen) atoms. The Morgan fingerprint density at radius 2 is 1.69 bits per heavy atom. The minimum atomic E-state index is -5.07. The van der Waals surface area contributed by atoms with Crippen LogP contribution < -0.4 is 5.32 Å². The van der Waals surface area contributed by atoms with Gasteiger partial charge in [-0.2, -0.15) is 13.2 Å². The lowest BCUT2D eigenvalue weighted by molar-refractivity contribution is -0.179. The number of nitrogens with one attached hydrogen (secondary N) is 1. The van der Waals surface area contributed by atoms with Gasteiger partial charge in [-0.25, -0.2) is 9.59 Å². The highest BCUT2D eigenvalue weighted by atomic mass is 19.4. The number of rotatable bonds is 2. The van der Waals surface area contributed by atoms with Crippen LogP contribution in [-0.2, 0) is 9.53 Å². The van der Waals surface area contributed by atoms with Gasteiger partial charge in [-0.3, -0.25) is 5.32 Å². The molecular formula is C8H12F3NO4. The molecule has 0 rings (SSSR count). The van der Waals surface area contributed by atoms with Gasteiger partial charge in [0.2, 0.25) is 6.04 Å². The number of alkyl carbamates (subject to hydrolysis) is 1. The number of aliphatic carboxylic acids is 1. The molecule has 0 unspecified atom stereocenters. The summed E-state index contributed by atoms with van der Waals surface area (Å²) in [5, 5.41) is 9.49. The Labute approximate surface area is 89.6 Å². The van der Waals surface area contributed by atoms with Crippen molar-refractivity contribution in [3.63, 3.8) is 0 Å². The molecule has 8 heteroatoms. The molecule has 0 aliphatic carbocycles. The summed E-state index contributed by atoms with van der Waals surface area (Å²) in [5.74, 6) is -2.20. The highest BCUT2D eigenvalue weighted by molar-refractivity contribution is 5.80. The molecule has 0 aromatic rings. The van der Waals surface area contributed by atoms with Gasteiger partial charge in [-0.15, -0.1) is 0 Å². The molecule has 1 atom stereocenters. The minimum absolute atomic E-state index is 1.00. The van der Waals surface area contributed by atoms with Crippen molar-refractivity contribution in [3.8, 4) is 0 Å². The van der Waals surface area contributed by atoms with Crippen molar-refractivity contribution in [2.45, 2.75) is 38.6 Å². The number of carboxylic acid groups (broad SMARTS) is 1. The summed E-state index contributed by atoms with van der Waals surface area (Å²) >= 11 is 0. The lowest BCUT2D eigenvalue weighted by Crippen LogP contribution is -2.51. The first kappa shape index (κ1) is 14.5. The van der Waals surface area contributed by atoms with E-state index in [2.05, 4.69) is 4.74 Å². The molecule has 0 heterocycles. The number of ether oxygens (including phenoxy) is 1. The second-order valence-electron chi connectivity index (χ2n) is 3.96. The van der Waals surface area contributed by atoms with Crippen molar-refractivity contribution >= 4 is 12.1 Å². The third-order valence-electron chi connectivity index (χ3n) is 1.24. The summed E-state index contributed by atoms with van der Waals surface area (Å²) < 4.78 is 40.8. The van der Waals surface area contributed by atoms with E-state index in [4.69, 9.17) is 5.11 Å². The Morgan fingerprint density at radius 1 is 1.25 bits per heavy atom. The van der Waals surface area contributed by atoms with Crippen molar-refractivity contribution in [1.29, 1.82) is 0 Å². The minimum Gasteiger partial charge on any atom is -0.479 e. The van der Waals surface area contributed by atoms with Gasteiger partial charge in [0.25, 0.3) is 0 Å². The van der Waals surface area contributed by atoms with Gasteiger partial charge >= 0.3 is 18.2 Å². The summed E-state index contributed by atoms with van der Waals surface area (Å²) in [6.45, 7) is 4.32. The molecule has 0 aliphatic rings. The summed E-state index contributed by atoms with van der Waals surface area (Å²) in [5.41, 5.74) is -1.00. The molecule has 0 bridgehead atoms. The number of hydrogen-bond donors (Lipinski definition) is 2. The third-order valence-corrected chi connectivity index (χ3v) is 1.24. The highest BCUT2D eigenvalue weighted by Crippen LogP contribution is 2.20. The maximum absolute atomic E-state index is 12.1. The molecule has 5 nitrogen and oxygen atoms in total. The van der Waals surface area contributed by atoms with Gasteiger partial charge < -0.3 is 9.84 Å². The summed E-state index contributed by atoms with van der Waals surface area (Å²) in [6.07, 6.45) is -6.50. The molecule has 0 spiro atoms. The summed E-state index contributed by atoms with van der Waals surface area (Å²) in [6, 6.07) is -2.97. The lowest BCUT2D eigenvalue weighted by Gasteiger charge is -2.22. The number of carbonyl (C=O) groups excluding carboxylic acids is 1. The Balaban J connectivity index is 4.56. The van der Waals surface area contributed by atoms with Crippen LogP contribution in [0.1, 0.15) is 20.8 Å². The SMILES string of the molecule is CC(C)(C)OC(=O)N[C@@H](C(=O)O)C(F)(F)F. The average Bonchev–Trinajstić information content (AvgIpc) is 1.93. The topological polar surface area (TPSA) is 75.6 Å². The summed E-state index contributed by atoms with van der Waals surface area (Å²) in [4.78, 5) is 21.2. The van der Waals surface area contributed by atoms with Gasteiger partial charge in [0, 0.05) is 0 Å². The molecule has 0 aliphatic heterocycles. The zero-order valence-corrected chi connectivity index (χ0v) is 8.88. The van der Waals surface area contributed by atoms with Gasteiger partial charge in [0.05, 0.1) is 0 Å². The van der Waals surface area contributed by atoms with Crippen LogP contribution in [0.15, 0.2) is 0 Å². The van der Waals surface area contributed by atoms with Crippen molar-refractivity contribution < 1.29 is 32.6 Å². The van der Waals surface area contributed by atoms with Crippen LogP contribution in [0.25, 0.3) is 0 Å². The second-order valence-corrected chi connectivity index (χ2v) is 3.96. The lowest BCUT2D eigenvalue weighted by atomic mass is 10.2. The van der Waals surface area contributed by atoms with Crippen molar-refractivity contribution in [2.24, 2.45) is 0 Å². The molecule has 1 amide bonds. The molecule has 0 aromatic carbocycles. The van der Waals surface area contributed by atoms with E-state index in [1.165, 1.54) is 26.1 Å². The molecule has 0 saturated heterocycles. The van der Waals surface area contributed by atoms with Crippen molar-refractivity contribution in [2.75, 3.05) is 0 Å². The molecule has 0 saturated carbocycles. The van der Waals surface area contributed by atoms with Crippen LogP contribution >= 0.6 is 0 Å². The first-order valence-electron chi connectivity index (χ1n) is 4.22. The van der Waals surface area contributed by atoms with Crippen molar-refractivity contribution in [3.05, 3.63) is 0 Å². The maximum atomic E-state index is 12.1. The molecule has 2 N–H and O–H groups in total. The smallest absolute Gasteiger partial charge is 0.419 e. The van der Waals surface area contributed by atoms with Gasteiger partial charge in [-0.05, 0) is 20.8 Å². The predicted molar refractivity (Wildman–Crippen MR) is 46.8 cm³/mol. The van der Waals surface area contributed by atoms with Crippen LogP contribution in [0.3, 0.4) is 0 Å². The molecule has 94 valence electrons. The van der Waals surface area contributed by atoms with E-state index in [0.29, 0.717) is 0 Å². The van der Waals surface area contributed by atoms with Crippen LogP contribution in [0.5, 0.6) is 0 Å². The van der Waals surface area contributed by atoms with Gasteiger partial charge in [-0.1, -0.05) is 0 Å². The predicted octanol–water partition coefficient (Wildman–Crippen LogP) is 1.53. The molecule has 0 fully saturated rings. The van der Waals surface area contributed by atoms with Gasteiger partial charge in [0.1, 0.15) is 5.60 Å². The van der Waals surface area contributed by atoms with E-state index in [1.54, 1.807) is 0 Å². The maximum Gasteiger partial charge on any atom is 0.419 e. The molecule has 0 aromatic heterocycles. The van der Waals surface area contributed by atoms with Crippen LogP contribution in [0.2, 0.25) is 0 Å². The van der Waals surface area contributed by atoms with Crippen LogP contribution in [0, 0.1) is 0 Å². The first-order chi connectivity index (χ1) is 6.93. The largest absolute Gasteiger partial charge is 0.479 e. The monoisotopic (exact) mass is 243 g/mol. The third kappa shape index (κ3) is 5.42. The van der Waals surface area contributed by atoms with E-state index in [0.717, 1.165) is 0 Å². The van der Waals surface area contributed by atoms with E-state index in [9.17, 15) is 22.8 Å². The van der Waals surface area contributed by atoms with E-state index >= 15 is 0 Å². The average molecular weight is 243 g/mol. The number of halogens is 3. The number of alkyl halides is 3. The van der Waals surface area contributed by atoms with Crippen LogP contribution in [0.4, 0.5) is 18.0 Å². The van der Waals surface area contributed by atoms with E-state index in [1.807, 2.05) is 0 Å². The zero-order valence-electron chi connectivity index (χ0n) is 8.88. The Morgan fingerprint density at radius 3 is 1.94 bits per heavy atom. The standard InChI is InChI=1S/C8H12F3NO4/c1-7(2,3)16-6(15)12-4(5(13)14)8(9,10)11/h4H,1-3H3,(H,12,15)(H,13,14)/t4-/m0/s1. The Bertz CT molecular complexity index is 282. The van der Waals surface area contributed by atoms with Gasteiger partial charge in [0.15, 0.2) is 0 Å². The fourth-order valence-electron chi connectivity index (χ4n) is 0.709. The quantitative estimate of drug-likeness (QED) is 0.771. The Kier molecular flexibility index (Phi) is 4.16. The molecule has 0 radical (unpaired) electrons. The van der Waals surface area contributed by atoms with Crippen molar-refractivity contribution in [1.82, 2.24) is 5.32 Å². The fourth-order valence-corrected chi connectivity index (χ4v) is 0.709. The number of carbonyl (C=O) groups is 2. The van der Waals surface area contributed by atoms with E-state index < -0.39 is 29.9 Å². The van der Waals surface area contributed by atoms with E-state index in [-0.39, 0.29) is 0 Å². The fraction of sp³-hybridized carbons (Fsp3) is 0.750. The first-order valence-corrected chi connectivity index (χ1v) is 4.22. The number of carboxylic acids is 1. The number of hydrogen-bond acceptors (Lipinski definition) is 3. The summed E-state index contributed by atoms with van der Waals surface area (Å²) in [7, 11) is 0. The van der Waals surface area contributed by atoms with Crippen LogP contribution in [-0.4, -0.2) is 35.0 Å².